The molecule has 3 atom stereocenters. The van der Waals surface area contributed by atoms with Gasteiger partial charge in [-0.15, -0.1) is 0 Å². The lowest BCUT2D eigenvalue weighted by atomic mass is 9.72. The van der Waals surface area contributed by atoms with E-state index in [4.69, 9.17) is 0 Å². The van der Waals surface area contributed by atoms with Crippen molar-refractivity contribution >= 4 is 23.6 Å². The molecule has 1 fully saturated rings. The lowest BCUT2D eigenvalue weighted by Gasteiger charge is -2.39. The molecule has 0 aromatic carbocycles. The molecule has 2 aliphatic heterocycles. The predicted octanol–water partition coefficient (Wildman–Crippen LogP) is 2.54. The average molecular weight is 360 g/mol. The number of allylic oxidation sites excluding steroid dienone is 1. The van der Waals surface area contributed by atoms with Gasteiger partial charge >= 0.3 is 0 Å². The van der Waals surface area contributed by atoms with Crippen molar-refractivity contribution < 1.29 is 9.59 Å². The van der Waals surface area contributed by atoms with Gasteiger partial charge in [0.05, 0.1) is 28.5 Å². The molecule has 2 rings (SSSR count). The van der Waals surface area contributed by atoms with Crippen molar-refractivity contribution in [2.75, 3.05) is 5.75 Å². The first-order valence-electron chi connectivity index (χ1n) is 8.53. The van der Waals surface area contributed by atoms with E-state index in [1.54, 1.807) is 13.8 Å². The molecule has 6 nitrogen and oxygen atoms in total. The Hall–Kier alpha value is -1.99. The van der Waals surface area contributed by atoms with Crippen LogP contribution < -0.4 is 5.32 Å². The lowest BCUT2D eigenvalue weighted by molar-refractivity contribution is -0.134. The van der Waals surface area contributed by atoms with Crippen LogP contribution in [0.4, 0.5) is 0 Å². The SMILES string of the molecule is C[C@@H]1CCC[C@@H](C)N1C(=O)CSC1=C(C#N)C(C)(C)[C@H](C#N)C(=O)N1. The topological polar surface area (TPSA) is 97.0 Å². The van der Waals surface area contributed by atoms with Crippen LogP contribution in [0.25, 0.3) is 0 Å². The summed E-state index contributed by atoms with van der Waals surface area (Å²) in [6.07, 6.45) is 3.13. The molecule has 1 saturated heterocycles. The Labute approximate surface area is 153 Å². The molecule has 2 aliphatic rings. The number of nitrogens with zero attached hydrogens (tertiary/aromatic N) is 3. The highest BCUT2D eigenvalue weighted by Crippen LogP contribution is 2.41. The molecule has 2 amide bonds. The van der Waals surface area contributed by atoms with E-state index in [1.165, 1.54) is 11.8 Å². The number of hydrogen-bond donors (Lipinski definition) is 1. The van der Waals surface area contributed by atoms with Crippen molar-refractivity contribution in [2.45, 2.75) is 59.0 Å². The molecule has 0 saturated carbocycles. The molecule has 0 aromatic heterocycles. The van der Waals surface area contributed by atoms with Gasteiger partial charge in [0, 0.05) is 17.5 Å². The van der Waals surface area contributed by atoms with Crippen LogP contribution in [-0.2, 0) is 9.59 Å². The molecule has 1 N–H and O–H groups in total. The average Bonchev–Trinajstić information content (AvgIpc) is 2.52. The number of amides is 2. The summed E-state index contributed by atoms with van der Waals surface area (Å²) < 4.78 is 0. The van der Waals surface area contributed by atoms with Crippen molar-refractivity contribution in [3.63, 3.8) is 0 Å². The zero-order valence-electron chi connectivity index (χ0n) is 15.1. The van der Waals surface area contributed by atoms with Crippen molar-refractivity contribution in [3.05, 3.63) is 10.6 Å². The Morgan fingerprint density at radius 3 is 2.44 bits per heavy atom. The molecule has 0 aromatic rings. The Balaban J connectivity index is 2.17. The number of carbonyl (C=O) groups is 2. The molecular weight excluding hydrogens is 336 g/mol. The van der Waals surface area contributed by atoms with Crippen LogP contribution >= 0.6 is 11.8 Å². The Morgan fingerprint density at radius 2 is 1.92 bits per heavy atom. The minimum atomic E-state index is -0.913. The van der Waals surface area contributed by atoms with E-state index in [-0.39, 0.29) is 23.7 Å². The van der Waals surface area contributed by atoms with Gasteiger partial charge in [0.1, 0.15) is 5.92 Å². The van der Waals surface area contributed by atoms with E-state index in [0.717, 1.165) is 19.3 Å². The van der Waals surface area contributed by atoms with Gasteiger partial charge in [-0.2, -0.15) is 10.5 Å². The number of nitrogens with one attached hydrogen (secondary N) is 1. The van der Waals surface area contributed by atoms with Gasteiger partial charge in [-0.3, -0.25) is 9.59 Å². The number of carbonyl (C=O) groups excluding carboxylic acids is 2. The van der Waals surface area contributed by atoms with Crippen molar-refractivity contribution in [3.8, 4) is 12.1 Å². The first-order chi connectivity index (χ1) is 11.7. The minimum absolute atomic E-state index is 0.0175. The van der Waals surface area contributed by atoms with Gasteiger partial charge in [-0.1, -0.05) is 25.6 Å². The standard InChI is InChI=1S/C18H24N4O2S/c1-11-6-5-7-12(2)22(11)15(23)10-25-17-14(9-20)18(3,4)13(8-19)16(24)21-17/h11-13H,5-7,10H2,1-4H3,(H,21,24)/t11-,12-,13-/m1/s1. The maximum atomic E-state index is 12.7. The Morgan fingerprint density at radius 1 is 1.32 bits per heavy atom. The highest BCUT2D eigenvalue weighted by Gasteiger charge is 2.44. The highest BCUT2D eigenvalue weighted by molar-refractivity contribution is 8.03. The number of nitriles is 2. The zero-order chi connectivity index (χ0) is 18.8. The van der Waals surface area contributed by atoms with Gasteiger partial charge in [0.2, 0.25) is 11.8 Å². The van der Waals surface area contributed by atoms with Crippen molar-refractivity contribution in [1.82, 2.24) is 10.2 Å². The van der Waals surface area contributed by atoms with E-state index in [2.05, 4.69) is 25.2 Å². The van der Waals surface area contributed by atoms with E-state index in [0.29, 0.717) is 10.6 Å². The fourth-order valence-electron chi connectivity index (χ4n) is 3.66. The smallest absolute Gasteiger partial charge is 0.243 e. The quantitative estimate of drug-likeness (QED) is 0.834. The fraction of sp³-hybridized carbons (Fsp3) is 0.667. The van der Waals surface area contributed by atoms with Gasteiger partial charge < -0.3 is 10.2 Å². The third kappa shape index (κ3) is 3.67. The molecule has 0 bridgehead atoms. The van der Waals surface area contributed by atoms with E-state index in [9.17, 15) is 20.1 Å². The van der Waals surface area contributed by atoms with Crippen LogP contribution in [0.15, 0.2) is 10.6 Å². The normalized spacial score (nSPS) is 28.8. The minimum Gasteiger partial charge on any atom is -0.337 e. The second-order valence-corrected chi connectivity index (χ2v) is 8.29. The molecular formula is C18H24N4O2S. The maximum absolute atomic E-state index is 12.7. The molecule has 7 heteroatoms. The summed E-state index contributed by atoms with van der Waals surface area (Å²) >= 11 is 1.18. The molecule has 0 aliphatic carbocycles. The summed E-state index contributed by atoms with van der Waals surface area (Å²) in [5.41, 5.74) is -0.515. The maximum Gasteiger partial charge on any atom is 0.243 e. The fourth-order valence-corrected chi connectivity index (χ4v) is 4.70. The van der Waals surface area contributed by atoms with Crippen molar-refractivity contribution in [1.29, 1.82) is 10.5 Å². The van der Waals surface area contributed by atoms with Crippen LogP contribution in [0.2, 0.25) is 0 Å². The summed E-state index contributed by atoms with van der Waals surface area (Å²) in [6, 6.07) is 4.51. The molecule has 0 unspecified atom stereocenters. The summed E-state index contributed by atoms with van der Waals surface area (Å²) in [5, 5.41) is 21.8. The van der Waals surface area contributed by atoms with Gasteiger partial charge in [0.15, 0.2) is 0 Å². The van der Waals surface area contributed by atoms with Crippen LogP contribution in [0.3, 0.4) is 0 Å². The van der Waals surface area contributed by atoms with Gasteiger partial charge in [-0.25, -0.2) is 0 Å². The molecule has 2 heterocycles. The van der Waals surface area contributed by atoms with E-state index < -0.39 is 17.2 Å². The summed E-state index contributed by atoms with van der Waals surface area (Å²) in [5.74, 6) is -1.14. The molecule has 0 radical (unpaired) electrons. The predicted molar refractivity (Wildman–Crippen MR) is 95.7 cm³/mol. The van der Waals surface area contributed by atoms with Gasteiger partial charge in [0.25, 0.3) is 0 Å². The largest absolute Gasteiger partial charge is 0.337 e. The lowest BCUT2D eigenvalue weighted by Crippen LogP contribution is -2.48. The van der Waals surface area contributed by atoms with Crippen LogP contribution in [0, 0.1) is 34.0 Å². The van der Waals surface area contributed by atoms with E-state index >= 15 is 0 Å². The third-order valence-electron chi connectivity index (χ3n) is 5.15. The molecule has 25 heavy (non-hydrogen) atoms. The number of hydrogen-bond acceptors (Lipinski definition) is 5. The Bertz CT molecular complexity index is 676. The second-order valence-electron chi connectivity index (χ2n) is 7.31. The number of piperidine rings is 1. The third-order valence-corrected chi connectivity index (χ3v) is 6.14. The summed E-state index contributed by atoms with van der Waals surface area (Å²) in [7, 11) is 0. The Kier molecular flexibility index (Phi) is 5.80. The second kappa shape index (κ2) is 7.49. The summed E-state index contributed by atoms with van der Waals surface area (Å²) in [6.45, 7) is 7.55. The molecule has 134 valence electrons. The summed E-state index contributed by atoms with van der Waals surface area (Å²) in [4.78, 5) is 26.7. The zero-order valence-corrected chi connectivity index (χ0v) is 15.9. The first kappa shape index (κ1) is 19.3. The van der Waals surface area contributed by atoms with Crippen LogP contribution in [-0.4, -0.2) is 34.6 Å². The highest BCUT2D eigenvalue weighted by atomic mass is 32.2. The van der Waals surface area contributed by atoms with E-state index in [1.807, 2.05) is 11.0 Å². The van der Waals surface area contributed by atoms with Crippen LogP contribution in [0.5, 0.6) is 0 Å². The monoisotopic (exact) mass is 360 g/mol. The molecule has 0 spiro atoms. The van der Waals surface area contributed by atoms with Crippen LogP contribution in [0.1, 0.15) is 47.0 Å². The van der Waals surface area contributed by atoms with Gasteiger partial charge in [-0.05, 0) is 33.1 Å². The number of rotatable bonds is 3. The number of thioether (sulfide) groups is 1. The van der Waals surface area contributed by atoms with Crippen molar-refractivity contribution in [2.24, 2.45) is 11.3 Å². The first-order valence-corrected chi connectivity index (χ1v) is 9.51. The number of likely N-dealkylation sites (tertiary alicyclic amines) is 1.